The van der Waals surface area contributed by atoms with Crippen molar-refractivity contribution in [1.29, 1.82) is 0 Å². The van der Waals surface area contributed by atoms with E-state index in [-0.39, 0.29) is 5.54 Å². The van der Waals surface area contributed by atoms with Crippen LogP contribution < -0.4 is 10.5 Å². The zero-order valence-electron chi connectivity index (χ0n) is 9.73. The molecule has 0 amide bonds. The molecule has 1 aromatic heterocycles. The fourth-order valence-electron chi connectivity index (χ4n) is 2.07. The van der Waals surface area contributed by atoms with Crippen LogP contribution in [0, 0.1) is 0 Å². The molecule has 0 unspecified atom stereocenters. The summed E-state index contributed by atoms with van der Waals surface area (Å²) in [4.78, 5) is 0. The first kappa shape index (κ1) is 10.4. The van der Waals surface area contributed by atoms with Gasteiger partial charge in [0.05, 0.1) is 19.0 Å². The highest BCUT2D eigenvalue weighted by Gasteiger charge is 2.42. The first-order chi connectivity index (χ1) is 8.23. The maximum Gasteiger partial charge on any atom is 0.119 e. The highest BCUT2D eigenvalue weighted by atomic mass is 16.5. The Kier molecular flexibility index (Phi) is 2.19. The van der Waals surface area contributed by atoms with Gasteiger partial charge < -0.3 is 10.5 Å². The fourth-order valence-corrected chi connectivity index (χ4v) is 2.07. The standard InChI is InChI=1S/C13H15N3O/c1-17-10-4-2-3-9(7-10)12-11(8-15-16-12)13(14)5-6-13/h2-4,7-8H,5-6,14H2,1H3,(H,15,16). The molecule has 88 valence electrons. The minimum Gasteiger partial charge on any atom is -0.497 e. The summed E-state index contributed by atoms with van der Waals surface area (Å²) in [6.45, 7) is 0. The zero-order valence-corrected chi connectivity index (χ0v) is 9.73. The topological polar surface area (TPSA) is 63.9 Å². The quantitative estimate of drug-likeness (QED) is 0.846. The summed E-state index contributed by atoms with van der Waals surface area (Å²) >= 11 is 0. The number of aromatic amines is 1. The number of hydrogen-bond donors (Lipinski definition) is 2. The Hall–Kier alpha value is -1.81. The van der Waals surface area contributed by atoms with Gasteiger partial charge in [0.1, 0.15) is 5.75 Å². The van der Waals surface area contributed by atoms with Gasteiger partial charge in [-0.25, -0.2) is 0 Å². The molecule has 0 bridgehead atoms. The molecule has 2 aromatic rings. The lowest BCUT2D eigenvalue weighted by atomic mass is 10.0. The van der Waals surface area contributed by atoms with Gasteiger partial charge in [0, 0.05) is 16.7 Å². The third-order valence-corrected chi connectivity index (χ3v) is 3.32. The Balaban J connectivity index is 2.06. The Labute approximate surface area is 99.8 Å². The van der Waals surface area contributed by atoms with Crippen LogP contribution in [0.3, 0.4) is 0 Å². The summed E-state index contributed by atoms with van der Waals surface area (Å²) in [5, 5.41) is 7.15. The van der Waals surface area contributed by atoms with Gasteiger partial charge in [0.25, 0.3) is 0 Å². The summed E-state index contributed by atoms with van der Waals surface area (Å²) in [5.74, 6) is 0.838. The summed E-state index contributed by atoms with van der Waals surface area (Å²) < 4.78 is 5.23. The molecule has 0 radical (unpaired) electrons. The Morgan fingerprint density at radius 1 is 1.41 bits per heavy atom. The lowest BCUT2D eigenvalue weighted by Gasteiger charge is -2.10. The second-order valence-electron chi connectivity index (χ2n) is 4.55. The van der Waals surface area contributed by atoms with E-state index in [1.54, 1.807) is 7.11 Å². The van der Waals surface area contributed by atoms with E-state index in [1.165, 1.54) is 0 Å². The molecule has 1 aromatic carbocycles. The summed E-state index contributed by atoms with van der Waals surface area (Å²) in [6.07, 6.45) is 3.90. The minimum absolute atomic E-state index is 0.175. The van der Waals surface area contributed by atoms with Crippen molar-refractivity contribution in [2.24, 2.45) is 5.73 Å². The third kappa shape index (κ3) is 1.70. The molecule has 1 saturated carbocycles. The van der Waals surface area contributed by atoms with Crippen molar-refractivity contribution in [1.82, 2.24) is 10.2 Å². The lowest BCUT2D eigenvalue weighted by molar-refractivity contribution is 0.415. The van der Waals surface area contributed by atoms with E-state index in [1.807, 2.05) is 30.5 Å². The number of hydrogen-bond acceptors (Lipinski definition) is 3. The fraction of sp³-hybridized carbons (Fsp3) is 0.308. The normalized spacial score (nSPS) is 16.8. The molecule has 3 rings (SSSR count). The van der Waals surface area contributed by atoms with Crippen LogP contribution in [0.25, 0.3) is 11.3 Å². The molecule has 1 aliphatic rings. The average Bonchev–Trinajstić information content (AvgIpc) is 2.94. The van der Waals surface area contributed by atoms with E-state index in [4.69, 9.17) is 10.5 Å². The number of nitrogens with zero attached hydrogens (tertiary/aromatic N) is 1. The number of methoxy groups -OCH3 is 1. The van der Waals surface area contributed by atoms with E-state index in [0.717, 1.165) is 35.4 Å². The molecule has 4 heteroatoms. The van der Waals surface area contributed by atoms with E-state index >= 15 is 0 Å². The van der Waals surface area contributed by atoms with Crippen molar-refractivity contribution < 1.29 is 4.74 Å². The number of ether oxygens (including phenoxy) is 1. The summed E-state index contributed by atoms with van der Waals surface area (Å²) in [6, 6.07) is 7.91. The van der Waals surface area contributed by atoms with Gasteiger partial charge >= 0.3 is 0 Å². The Bertz CT molecular complexity index is 543. The molecule has 3 N–H and O–H groups in total. The van der Waals surface area contributed by atoms with Crippen molar-refractivity contribution in [2.75, 3.05) is 7.11 Å². The number of aromatic nitrogens is 2. The van der Waals surface area contributed by atoms with E-state index < -0.39 is 0 Å². The molecule has 0 spiro atoms. The predicted octanol–water partition coefficient (Wildman–Crippen LogP) is 2.03. The monoisotopic (exact) mass is 229 g/mol. The van der Waals surface area contributed by atoms with Crippen LogP contribution in [0.1, 0.15) is 18.4 Å². The smallest absolute Gasteiger partial charge is 0.119 e. The molecule has 0 atom stereocenters. The van der Waals surface area contributed by atoms with E-state index in [9.17, 15) is 0 Å². The van der Waals surface area contributed by atoms with Gasteiger partial charge in [0.2, 0.25) is 0 Å². The molecule has 1 heterocycles. The minimum atomic E-state index is -0.175. The lowest BCUT2D eigenvalue weighted by Crippen LogP contribution is -2.18. The van der Waals surface area contributed by atoms with Crippen LogP contribution in [0.15, 0.2) is 30.5 Å². The molecule has 17 heavy (non-hydrogen) atoms. The second kappa shape index (κ2) is 3.60. The number of rotatable bonds is 3. The van der Waals surface area contributed by atoms with Crippen molar-refractivity contribution in [3.8, 4) is 17.0 Å². The van der Waals surface area contributed by atoms with Crippen LogP contribution in [-0.2, 0) is 5.54 Å². The number of benzene rings is 1. The highest BCUT2D eigenvalue weighted by Crippen LogP contribution is 2.45. The number of H-pyrrole nitrogens is 1. The van der Waals surface area contributed by atoms with Crippen molar-refractivity contribution in [3.05, 3.63) is 36.0 Å². The van der Waals surface area contributed by atoms with Gasteiger partial charge in [-0.05, 0) is 25.0 Å². The molecular weight excluding hydrogens is 214 g/mol. The largest absolute Gasteiger partial charge is 0.497 e. The van der Waals surface area contributed by atoms with Crippen LogP contribution in [0.5, 0.6) is 5.75 Å². The predicted molar refractivity (Wildman–Crippen MR) is 65.7 cm³/mol. The van der Waals surface area contributed by atoms with Gasteiger partial charge in [-0.2, -0.15) is 5.10 Å². The van der Waals surface area contributed by atoms with Gasteiger partial charge in [-0.3, -0.25) is 5.10 Å². The zero-order chi connectivity index (χ0) is 11.9. The third-order valence-electron chi connectivity index (χ3n) is 3.32. The van der Waals surface area contributed by atoms with Gasteiger partial charge in [0.15, 0.2) is 0 Å². The molecule has 4 nitrogen and oxygen atoms in total. The van der Waals surface area contributed by atoms with Crippen LogP contribution >= 0.6 is 0 Å². The highest BCUT2D eigenvalue weighted by molar-refractivity contribution is 5.66. The van der Waals surface area contributed by atoms with Gasteiger partial charge in [-0.15, -0.1) is 0 Å². The van der Waals surface area contributed by atoms with Crippen LogP contribution in [0.2, 0.25) is 0 Å². The number of nitrogens with one attached hydrogen (secondary N) is 1. The maximum atomic E-state index is 6.23. The molecule has 0 aliphatic heterocycles. The van der Waals surface area contributed by atoms with Crippen LogP contribution in [-0.4, -0.2) is 17.3 Å². The van der Waals surface area contributed by atoms with Gasteiger partial charge in [-0.1, -0.05) is 12.1 Å². The maximum absolute atomic E-state index is 6.23. The van der Waals surface area contributed by atoms with Crippen molar-refractivity contribution >= 4 is 0 Å². The first-order valence-corrected chi connectivity index (χ1v) is 5.70. The molecular formula is C13H15N3O. The van der Waals surface area contributed by atoms with Crippen molar-refractivity contribution in [3.63, 3.8) is 0 Å². The first-order valence-electron chi connectivity index (χ1n) is 5.70. The Morgan fingerprint density at radius 2 is 2.24 bits per heavy atom. The van der Waals surface area contributed by atoms with Crippen molar-refractivity contribution in [2.45, 2.75) is 18.4 Å². The average molecular weight is 229 g/mol. The molecule has 0 saturated heterocycles. The SMILES string of the molecule is COc1cccc(-c2[nH]ncc2C2(N)CC2)c1. The van der Waals surface area contributed by atoms with E-state index in [0.29, 0.717) is 0 Å². The number of nitrogens with two attached hydrogens (primary N) is 1. The Morgan fingerprint density at radius 3 is 2.94 bits per heavy atom. The van der Waals surface area contributed by atoms with E-state index in [2.05, 4.69) is 10.2 Å². The van der Waals surface area contributed by atoms with Crippen LogP contribution in [0.4, 0.5) is 0 Å². The summed E-state index contributed by atoms with van der Waals surface area (Å²) in [7, 11) is 1.66. The molecule has 1 aliphatic carbocycles. The summed E-state index contributed by atoms with van der Waals surface area (Å²) in [5.41, 5.74) is 9.22. The second-order valence-corrected chi connectivity index (χ2v) is 4.55. The molecule has 1 fully saturated rings.